The molecule has 16 nitrogen and oxygen atoms in total. The van der Waals surface area contributed by atoms with Gasteiger partial charge in [-0.25, -0.2) is 0 Å². The first-order valence-electron chi connectivity index (χ1n) is 19.0. The molecule has 9 rings (SSSR count). The van der Waals surface area contributed by atoms with Crippen LogP contribution in [-0.2, 0) is 6.42 Å². The van der Waals surface area contributed by atoms with Crippen molar-refractivity contribution < 1.29 is 80.6 Å². The van der Waals surface area contributed by atoms with Gasteiger partial charge in [-0.3, -0.25) is 0 Å². The molecule has 8 atom stereocenters. The standard InChI is InChI=1S/C45H38O16/c46-20-4-6-22(28(51)14-20)34-36-43-24(16-33(56)40(59-43)17-1-8-25(48)30(53)11-17)44-37(45(36)61-42(39(34)58)19-3-10-27(50)32(55)13-19)35(23-7-5-21(47)15-29(23)52)38(57)41(60-44)18-2-9-26(49)31(54)12-18/h1-15,33-35,38-42,46-58H,16H2/t33-,34-,35-,38-,39-,40+,41+,42+/m0/s1. The molecular formula is C45H38O16. The lowest BCUT2D eigenvalue weighted by Crippen LogP contribution is -2.41. The van der Waals surface area contributed by atoms with E-state index in [-0.39, 0.29) is 79.7 Å². The summed E-state index contributed by atoms with van der Waals surface area (Å²) in [6.07, 6.45) is -9.06. The maximum Gasteiger partial charge on any atom is 0.157 e. The van der Waals surface area contributed by atoms with E-state index in [1.165, 1.54) is 72.8 Å². The van der Waals surface area contributed by atoms with Crippen LogP contribution >= 0.6 is 0 Å². The number of aromatic hydroxyl groups is 10. The quantitative estimate of drug-likeness (QED) is 0.101. The number of aliphatic hydroxyl groups excluding tert-OH is 3. The second kappa shape index (κ2) is 14.4. The van der Waals surface area contributed by atoms with Gasteiger partial charge in [-0.1, -0.05) is 30.3 Å². The van der Waals surface area contributed by atoms with Crippen molar-refractivity contribution in [1.29, 1.82) is 0 Å². The van der Waals surface area contributed by atoms with E-state index in [1.54, 1.807) is 0 Å². The molecule has 314 valence electrons. The summed E-state index contributed by atoms with van der Waals surface area (Å²) in [5.74, 6) is -7.46. The number of fused-ring (bicyclic) bond motifs is 6. The van der Waals surface area contributed by atoms with Crippen LogP contribution < -0.4 is 14.2 Å². The lowest BCUT2D eigenvalue weighted by Gasteiger charge is -2.46. The highest BCUT2D eigenvalue weighted by atomic mass is 16.5. The monoisotopic (exact) mass is 834 g/mol. The third kappa shape index (κ3) is 6.35. The van der Waals surface area contributed by atoms with Crippen LogP contribution in [0, 0.1) is 0 Å². The van der Waals surface area contributed by atoms with Crippen molar-refractivity contribution in [2.45, 2.75) is 54.9 Å². The van der Waals surface area contributed by atoms with Crippen molar-refractivity contribution in [3.8, 4) is 74.7 Å². The van der Waals surface area contributed by atoms with Crippen LogP contribution in [0.2, 0.25) is 0 Å². The molecule has 61 heavy (non-hydrogen) atoms. The molecule has 13 N–H and O–H groups in total. The molecule has 0 bridgehead atoms. The van der Waals surface area contributed by atoms with E-state index in [0.717, 1.165) is 18.2 Å². The molecule has 16 heteroatoms. The molecule has 0 fully saturated rings. The van der Waals surface area contributed by atoms with Gasteiger partial charge in [0.2, 0.25) is 0 Å². The van der Waals surface area contributed by atoms with Crippen molar-refractivity contribution >= 4 is 0 Å². The summed E-state index contributed by atoms with van der Waals surface area (Å²) in [7, 11) is 0. The Balaban J connectivity index is 1.39. The zero-order valence-electron chi connectivity index (χ0n) is 31.5. The first kappa shape index (κ1) is 39.1. The predicted octanol–water partition coefficient (Wildman–Crippen LogP) is 5.03. The fourth-order valence-corrected chi connectivity index (χ4v) is 8.77. The lowest BCUT2D eigenvalue weighted by molar-refractivity contribution is -0.0171. The maximum absolute atomic E-state index is 12.5. The van der Waals surface area contributed by atoms with E-state index in [4.69, 9.17) is 14.2 Å². The average molecular weight is 835 g/mol. The van der Waals surface area contributed by atoms with Gasteiger partial charge in [-0.2, -0.15) is 0 Å². The topological polar surface area (TPSA) is 291 Å². The molecule has 3 heterocycles. The van der Waals surface area contributed by atoms with Gasteiger partial charge in [0.05, 0.1) is 6.10 Å². The molecule has 0 aromatic heterocycles. The van der Waals surface area contributed by atoms with E-state index in [2.05, 4.69) is 0 Å². The third-order valence-electron chi connectivity index (χ3n) is 11.6. The number of benzene rings is 6. The van der Waals surface area contributed by atoms with E-state index >= 15 is 0 Å². The molecule has 0 unspecified atom stereocenters. The molecule has 0 spiro atoms. The third-order valence-corrected chi connectivity index (χ3v) is 11.6. The van der Waals surface area contributed by atoms with E-state index in [9.17, 15) is 66.4 Å². The van der Waals surface area contributed by atoms with Crippen LogP contribution in [0.1, 0.15) is 74.7 Å². The van der Waals surface area contributed by atoms with Gasteiger partial charge < -0.3 is 80.6 Å². The molecule has 6 aromatic carbocycles. The number of rotatable bonds is 5. The van der Waals surface area contributed by atoms with Crippen molar-refractivity contribution in [2.24, 2.45) is 0 Å². The Morgan fingerprint density at radius 2 is 0.754 bits per heavy atom. The number of aliphatic hydroxyl groups is 3. The first-order valence-corrected chi connectivity index (χ1v) is 19.0. The second-order valence-corrected chi connectivity index (χ2v) is 15.3. The van der Waals surface area contributed by atoms with Gasteiger partial charge >= 0.3 is 0 Å². The lowest BCUT2D eigenvalue weighted by atomic mass is 9.72. The Morgan fingerprint density at radius 1 is 0.377 bits per heavy atom. The van der Waals surface area contributed by atoms with Crippen LogP contribution in [-0.4, -0.2) is 84.7 Å². The smallest absolute Gasteiger partial charge is 0.157 e. The number of ether oxygens (including phenoxy) is 3. The van der Waals surface area contributed by atoms with Gasteiger partial charge in [0.1, 0.15) is 58.6 Å². The minimum atomic E-state index is -1.66. The van der Waals surface area contributed by atoms with Crippen LogP contribution in [0.3, 0.4) is 0 Å². The summed E-state index contributed by atoms with van der Waals surface area (Å²) < 4.78 is 20.1. The number of phenols is 10. The summed E-state index contributed by atoms with van der Waals surface area (Å²) in [6, 6.07) is 18.7. The molecular weight excluding hydrogens is 796 g/mol. The van der Waals surface area contributed by atoms with Crippen molar-refractivity contribution in [2.75, 3.05) is 0 Å². The number of phenolic OH excluding ortho intramolecular Hbond substituents is 10. The van der Waals surface area contributed by atoms with E-state index in [1.807, 2.05) is 0 Å². The largest absolute Gasteiger partial charge is 0.508 e. The summed E-state index contributed by atoms with van der Waals surface area (Å²) >= 11 is 0. The van der Waals surface area contributed by atoms with Crippen molar-refractivity contribution in [3.05, 3.63) is 136 Å². The minimum absolute atomic E-state index is 0.0392. The molecule has 0 saturated heterocycles. The van der Waals surface area contributed by atoms with Crippen LogP contribution in [0.5, 0.6) is 74.7 Å². The van der Waals surface area contributed by atoms with Gasteiger partial charge in [-0.15, -0.1) is 0 Å². The molecule has 3 aliphatic rings. The molecule has 0 saturated carbocycles. The summed E-state index contributed by atoms with van der Waals surface area (Å²) in [4.78, 5) is 0. The fourth-order valence-electron chi connectivity index (χ4n) is 8.77. The average Bonchev–Trinajstić information content (AvgIpc) is 3.21. The van der Waals surface area contributed by atoms with Gasteiger partial charge in [-0.05, 0) is 65.2 Å². The van der Waals surface area contributed by atoms with Crippen LogP contribution in [0.4, 0.5) is 0 Å². The zero-order chi connectivity index (χ0) is 43.2. The summed E-state index contributed by atoms with van der Waals surface area (Å²) in [5, 5.41) is 143. The molecule has 3 aliphatic heterocycles. The molecule has 6 aromatic rings. The zero-order valence-corrected chi connectivity index (χ0v) is 31.5. The Labute approximate surface area is 345 Å². The highest BCUT2D eigenvalue weighted by Crippen LogP contribution is 2.63. The Morgan fingerprint density at radius 3 is 1.15 bits per heavy atom. The second-order valence-electron chi connectivity index (χ2n) is 15.3. The van der Waals surface area contributed by atoms with E-state index in [0.29, 0.717) is 0 Å². The first-order chi connectivity index (χ1) is 29.1. The fraction of sp³-hybridized carbons (Fsp3) is 0.200. The van der Waals surface area contributed by atoms with Crippen molar-refractivity contribution in [1.82, 2.24) is 0 Å². The van der Waals surface area contributed by atoms with Crippen LogP contribution in [0.25, 0.3) is 0 Å². The van der Waals surface area contributed by atoms with Gasteiger partial charge in [0.15, 0.2) is 46.7 Å². The number of hydrogen-bond donors (Lipinski definition) is 13. The highest BCUT2D eigenvalue weighted by molar-refractivity contribution is 5.72. The summed E-state index contributed by atoms with van der Waals surface area (Å²) in [5.41, 5.74) is 0.842. The Hall–Kier alpha value is -7.40. The molecule has 0 aliphatic carbocycles. The Bertz CT molecular complexity index is 2650. The normalized spacial score (nSPS) is 24.0. The summed E-state index contributed by atoms with van der Waals surface area (Å²) in [6.45, 7) is 0. The predicted molar refractivity (Wildman–Crippen MR) is 211 cm³/mol. The SMILES string of the molecule is Oc1ccc([C@H]2c3c(c4c(c5c3O[C@H](c3ccc(O)c(O)c3)[C@@H](O)[C@H]5c3ccc(O)cc3O)O[C@H](c3ccc(O)c(O)c3)[C@@H](O)C4)O[C@H](c3ccc(O)c(O)c3)[C@H]2O)c(O)c1. The maximum atomic E-state index is 12.5. The Kier molecular flexibility index (Phi) is 9.23. The number of hydrogen-bond acceptors (Lipinski definition) is 16. The van der Waals surface area contributed by atoms with E-state index < -0.39 is 94.5 Å². The van der Waals surface area contributed by atoms with Crippen LogP contribution in [0.15, 0.2) is 91.0 Å². The van der Waals surface area contributed by atoms with Gasteiger partial charge in [0.25, 0.3) is 0 Å². The minimum Gasteiger partial charge on any atom is -0.508 e. The molecule has 0 amide bonds. The van der Waals surface area contributed by atoms with Crippen molar-refractivity contribution in [3.63, 3.8) is 0 Å². The van der Waals surface area contributed by atoms with Gasteiger partial charge in [0, 0.05) is 58.2 Å². The molecule has 0 radical (unpaired) electrons. The highest BCUT2D eigenvalue weighted by Gasteiger charge is 2.52.